The van der Waals surface area contributed by atoms with Crippen molar-refractivity contribution in [3.05, 3.63) is 0 Å². The van der Waals surface area contributed by atoms with Crippen LogP contribution in [0.15, 0.2) is 0 Å². The lowest BCUT2D eigenvalue weighted by Crippen LogP contribution is -2.47. The van der Waals surface area contributed by atoms with Crippen LogP contribution in [-0.2, 0) is 4.74 Å². The molecule has 0 bridgehead atoms. The number of hydrogen-bond donors (Lipinski definition) is 2. The first-order chi connectivity index (χ1) is 7.08. The minimum Gasteiger partial charge on any atom is -0.449 e. The van der Waals surface area contributed by atoms with Crippen LogP contribution in [0.25, 0.3) is 0 Å². The monoisotopic (exact) mass is 220 g/mol. The highest BCUT2D eigenvalue weighted by molar-refractivity contribution is 5.67. The van der Waals surface area contributed by atoms with Crippen molar-refractivity contribution in [2.75, 3.05) is 19.7 Å². The highest BCUT2D eigenvalue weighted by Gasteiger charge is 2.45. The fourth-order valence-corrected chi connectivity index (χ4v) is 1.47. The zero-order chi connectivity index (χ0) is 10.9. The summed E-state index contributed by atoms with van der Waals surface area (Å²) in [6, 6.07) is -1.15. The Bertz CT molecular complexity index is 256. The second kappa shape index (κ2) is 3.92. The molecule has 0 aromatic carbocycles. The van der Waals surface area contributed by atoms with Gasteiger partial charge in [0.2, 0.25) is 0 Å². The van der Waals surface area contributed by atoms with Gasteiger partial charge in [0.1, 0.15) is 6.04 Å². The molecule has 1 saturated heterocycles. The summed E-state index contributed by atoms with van der Waals surface area (Å²) in [7, 11) is 0. The number of nitrogens with one attached hydrogen (secondary N) is 2. The third-order valence-electron chi connectivity index (χ3n) is 2.66. The molecule has 2 aliphatic rings. The van der Waals surface area contributed by atoms with E-state index in [1.165, 1.54) is 0 Å². The van der Waals surface area contributed by atoms with Crippen molar-refractivity contribution in [2.45, 2.75) is 24.8 Å². The molecule has 1 aliphatic carbocycles. The normalized spacial score (nSPS) is 28.8. The molecule has 15 heavy (non-hydrogen) atoms. The molecule has 2 N–H and O–H groups in total. The molecule has 1 saturated carbocycles. The van der Waals surface area contributed by atoms with Gasteiger partial charge in [-0.15, -0.1) is 0 Å². The molecule has 1 amide bonds. The number of ether oxygens (including phenoxy) is 1. The van der Waals surface area contributed by atoms with E-state index >= 15 is 0 Å². The Kier molecular flexibility index (Phi) is 2.77. The van der Waals surface area contributed by atoms with Crippen LogP contribution in [-0.4, -0.2) is 37.8 Å². The summed E-state index contributed by atoms with van der Waals surface area (Å²) in [6.45, 7) is 0.0453. The fraction of sp³-hybridized carbons (Fsp3) is 0.889. The molecule has 0 radical (unpaired) electrons. The Hall–Kier alpha value is -0.910. The maximum absolute atomic E-state index is 13.0. The van der Waals surface area contributed by atoms with Crippen molar-refractivity contribution in [3.63, 3.8) is 0 Å². The molecule has 86 valence electrons. The van der Waals surface area contributed by atoms with Crippen molar-refractivity contribution < 1.29 is 18.3 Å². The molecule has 2 fully saturated rings. The first-order valence-corrected chi connectivity index (χ1v) is 5.10. The summed E-state index contributed by atoms with van der Waals surface area (Å²) < 4.78 is 30.9. The molecule has 2 rings (SSSR count). The summed E-state index contributed by atoms with van der Waals surface area (Å²) in [4.78, 5) is 11.1. The van der Waals surface area contributed by atoms with E-state index in [0.717, 1.165) is 12.8 Å². The summed E-state index contributed by atoms with van der Waals surface area (Å²) >= 11 is 0. The van der Waals surface area contributed by atoms with Gasteiger partial charge in [-0.2, -0.15) is 0 Å². The predicted octanol–water partition coefficient (Wildman–Crippen LogP) is 0.730. The fourth-order valence-electron chi connectivity index (χ4n) is 1.47. The molecule has 1 heterocycles. The van der Waals surface area contributed by atoms with Gasteiger partial charge in [0.25, 0.3) is 5.92 Å². The lowest BCUT2D eigenvalue weighted by atomic mass is 10.2. The third-order valence-corrected chi connectivity index (χ3v) is 2.66. The Morgan fingerprint density at radius 1 is 1.53 bits per heavy atom. The Morgan fingerprint density at radius 2 is 2.27 bits per heavy atom. The van der Waals surface area contributed by atoms with Gasteiger partial charge in [-0.1, -0.05) is 0 Å². The lowest BCUT2D eigenvalue weighted by Gasteiger charge is -2.18. The first kappa shape index (κ1) is 10.6. The second-order valence-electron chi connectivity index (χ2n) is 4.13. The molecular weight excluding hydrogens is 206 g/mol. The molecule has 6 heteroatoms. The summed E-state index contributed by atoms with van der Waals surface area (Å²) in [5.41, 5.74) is 0. The van der Waals surface area contributed by atoms with Gasteiger partial charge in [0.15, 0.2) is 0 Å². The van der Waals surface area contributed by atoms with E-state index in [4.69, 9.17) is 4.74 Å². The zero-order valence-electron chi connectivity index (χ0n) is 8.26. The zero-order valence-corrected chi connectivity index (χ0v) is 8.26. The van der Waals surface area contributed by atoms with E-state index in [1.807, 2.05) is 0 Å². The number of carbonyl (C=O) groups is 1. The van der Waals surface area contributed by atoms with Crippen LogP contribution >= 0.6 is 0 Å². The molecular formula is C9H14F2N2O2. The van der Waals surface area contributed by atoms with E-state index in [2.05, 4.69) is 10.6 Å². The van der Waals surface area contributed by atoms with Gasteiger partial charge in [-0.05, 0) is 18.8 Å². The van der Waals surface area contributed by atoms with Crippen molar-refractivity contribution in [1.29, 1.82) is 0 Å². The molecule has 1 unspecified atom stereocenters. The smallest absolute Gasteiger partial charge is 0.407 e. The van der Waals surface area contributed by atoms with E-state index in [9.17, 15) is 13.6 Å². The van der Waals surface area contributed by atoms with Gasteiger partial charge in [0.05, 0.1) is 13.2 Å². The minimum absolute atomic E-state index is 0.0888. The number of alkyl halides is 2. The SMILES string of the molecule is O=C(NC1CNCC1(F)F)OCC1CC1. The van der Waals surface area contributed by atoms with Crippen LogP contribution in [0.4, 0.5) is 13.6 Å². The second-order valence-corrected chi connectivity index (χ2v) is 4.13. The summed E-state index contributed by atoms with van der Waals surface area (Å²) in [5, 5.41) is 4.70. The Labute approximate surface area is 86.4 Å². The van der Waals surface area contributed by atoms with E-state index in [-0.39, 0.29) is 13.1 Å². The highest BCUT2D eigenvalue weighted by Crippen LogP contribution is 2.29. The van der Waals surface area contributed by atoms with Crippen LogP contribution in [0.1, 0.15) is 12.8 Å². The number of rotatable bonds is 3. The molecule has 1 atom stereocenters. The predicted molar refractivity (Wildman–Crippen MR) is 48.8 cm³/mol. The van der Waals surface area contributed by atoms with Crippen LogP contribution < -0.4 is 10.6 Å². The average molecular weight is 220 g/mol. The third kappa shape index (κ3) is 2.77. The topological polar surface area (TPSA) is 50.4 Å². The van der Waals surface area contributed by atoms with E-state index in [0.29, 0.717) is 12.5 Å². The van der Waals surface area contributed by atoms with Crippen LogP contribution in [0.3, 0.4) is 0 Å². The summed E-state index contributed by atoms with van der Waals surface area (Å²) in [5.74, 6) is -2.43. The first-order valence-electron chi connectivity index (χ1n) is 5.10. The maximum Gasteiger partial charge on any atom is 0.407 e. The van der Waals surface area contributed by atoms with Gasteiger partial charge in [-0.25, -0.2) is 13.6 Å². The van der Waals surface area contributed by atoms with Crippen LogP contribution in [0, 0.1) is 5.92 Å². The molecule has 0 aromatic rings. The quantitative estimate of drug-likeness (QED) is 0.737. The summed E-state index contributed by atoms with van der Waals surface area (Å²) in [6.07, 6.45) is 1.39. The maximum atomic E-state index is 13.0. The number of alkyl carbamates (subject to hydrolysis) is 1. The number of halogens is 2. The van der Waals surface area contributed by atoms with Crippen molar-refractivity contribution in [3.8, 4) is 0 Å². The van der Waals surface area contributed by atoms with Gasteiger partial charge >= 0.3 is 6.09 Å². The van der Waals surface area contributed by atoms with Crippen molar-refractivity contribution in [1.82, 2.24) is 10.6 Å². The standard InChI is InChI=1S/C9H14F2N2O2/c10-9(11)5-12-3-7(9)13-8(14)15-4-6-1-2-6/h6-7,12H,1-5H2,(H,13,14). The molecule has 0 aromatic heterocycles. The van der Waals surface area contributed by atoms with Gasteiger partial charge in [-0.3, -0.25) is 0 Å². The van der Waals surface area contributed by atoms with Crippen LogP contribution in [0.2, 0.25) is 0 Å². The highest BCUT2D eigenvalue weighted by atomic mass is 19.3. The van der Waals surface area contributed by atoms with E-state index in [1.54, 1.807) is 0 Å². The van der Waals surface area contributed by atoms with Crippen LogP contribution in [0.5, 0.6) is 0 Å². The number of carbonyl (C=O) groups excluding carboxylic acids is 1. The number of amides is 1. The number of hydrogen-bond acceptors (Lipinski definition) is 3. The Morgan fingerprint density at radius 3 is 2.80 bits per heavy atom. The molecule has 0 spiro atoms. The van der Waals surface area contributed by atoms with E-state index < -0.39 is 18.1 Å². The van der Waals surface area contributed by atoms with Gasteiger partial charge < -0.3 is 15.4 Å². The molecule has 4 nitrogen and oxygen atoms in total. The largest absolute Gasteiger partial charge is 0.449 e. The average Bonchev–Trinajstić information content (AvgIpc) is 2.91. The lowest BCUT2D eigenvalue weighted by molar-refractivity contribution is -0.00394. The van der Waals surface area contributed by atoms with Crippen molar-refractivity contribution >= 4 is 6.09 Å². The Balaban J connectivity index is 1.72. The van der Waals surface area contributed by atoms with Gasteiger partial charge in [0, 0.05) is 6.54 Å². The molecule has 1 aliphatic heterocycles. The van der Waals surface area contributed by atoms with Crippen molar-refractivity contribution in [2.24, 2.45) is 5.92 Å². The minimum atomic E-state index is -2.88.